The van der Waals surface area contributed by atoms with Crippen LogP contribution in [0.5, 0.6) is 0 Å². The van der Waals surface area contributed by atoms with Crippen LogP contribution in [0.1, 0.15) is 39.5 Å². The zero-order valence-corrected chi connectivity index (χ0v) is 9.99. The van der Waals surface area contributed by atoms with Gasteiger partial charge < -0.3 is 16.3 Å². The molecule has 0 radical (unpaired) electrons. The molecule has 0 aliphatic heterocycles. The molecule has 1 atom stereocenters. The van der Waals surface area contributed by atoms with Gasteiger partial charge >= 0.3 is 0 Å². The van der Waals surface area contributed by atoms with Crippen molar-refractivity contribution in [1.82, 2.24) is 5.32 Å². The minimum atomic E-state index is -0.567. The van der Waals surface area contributed by atoms with E-state index in [9.17, 15) is 4.79 Å². The first-order chi connectivity index (χ1) is 7.54. The number of nitrogens with two attached hydrogens (primary N) is 1. The maximum Gasteiger partial charge on any atom is 0.230 e. The van der Waals surface area contributed by atoms with Crippen molar-refractivity contribution < 1.29 is 10.0 Å². The number of amides is 1. The van der Waals surface area contributed by atoms with Gasteiger partial charge in [0.15, 0.2) is 5.84 Å². The Morgan fingerprint density at radius 2 is 2.25 bits per heavy atom. The molecule has 0 bridgehead atoms. The summed E-state index contributed by atoms with van der Waals surface area (Å²) in [5.41, 5.74) is 5.70. The van der Waals surface area contributed by atoms with Crippen molar-refractivity contribution in [3.63, 3.8) is 0 Å². The summed E-state index contributed by atoms with van der Waals surface area (Å²) in [5, 5.41) is 14.2. The van der Waals surface area contributed by atoms with Crippen LogP contribution in [0.15, 0.2) is 5.16 Å². The summed E-state index contributed by atoms with van der Waals surface area (Å²) in [4.78, 5) is 11.6. The molecule has 0 aromatic carbocycles. The fraction of sp³-hybridized carbons (Fsp3) is 0.818. The Kier molecular flexibility index (Phi) is 4.15. The molecule has 0 heterocycles. The Balaban J connectivity index is 2.35. The summed E-state index contributed by atoms with van der Waals surface area (Å²) >= 11 is 0. The van der Waals surface area contributed by atoms with Crippen molar-refractivity contribution in [1.29, 1.82) is 0 Å². The highest BCUT2D eigenvalue weighted by molar-refractivity contribution is 6.01. The zero-order chi connectivity index (χ0) is 12.2. The molecule has 5 heteroatoms. The summed E-state index contributed by atoms with van der Waals surface area (Å²) in [5.74, 6) is -0.780. The van der Waals surface area contributed by atoms with E-state index in [-0.39, 0.29) is 11.7 Å². The lowest BCUT2D eigenvalue weighted by Gasteiger charge is -2.16. The molecule has 16 heavy (non-hydrogen) atoms. The highest BCUT2D eigenvalue weighted by Crippen LogP contribution is 2.48. The Morgan fingerprint density at radius 3 is 2.69 bits per heavy atom. The van der Waals surface area contributed by atoms with Gasteiger partial charge in [0.25, 0.3) is 0 Å². The lowest BCUT2D eigenvalue weighted by Crippen LogP contribution is -2.39. The molecule has 5 nitrogen and oxygen atoms in total. The molecule has 1 rings (SSSR count). The molecule has 1 aliphatic rings. The van der Waals surface area contributed by atoms with Gasteiger partial charge in [-0.3, -0.25) is 4.79 Å². The van der Waals surface area contributed by atoms with Gasteiger partial charge in [-0.2, -0.15) is 0 Å². The molecule has 0 aromatic heterocycles. The van der Waals surface area contributed by atoms with Gasteiger partial charge in [-0.05, 0) is 31.6 Å². The lowest BCUT2D eigenvalue weighted by molar-refractivity contribution is -0.122. The van der Waals surface area contributed by atoms with Crippen molar-refractivity contribution in [3.05, 3.63) is 0 Å². The van der Waals surface area contributed by atoms with Crippen LogP contribution >= 0.6 is 0 Å². The Bertz CT molecular complexity index is 285. The topological polar surface area (TPSA) is 87.7 Å². The SMILES string of the molecule is CCCC1(CNC(=O)C(C)C(N)=NO)CC1. The molecule has 0 saturated heterocycles. The Morgan fingerprint density at radius 1 is 1.62 bits per heavy atom. The quantitative estimate of drug-likeness (QED) is 0.274. The van der Waals surface area contributed by atoms with Crippen molar-refractivity contribution in [2.24, 2.45) is 22.2 Å². The maximum absolute atomic E-state index is 11.6. The largest absolute Gasteiger partial charge is 0.409 e. The predicted octanol–water partition coefficient (Wildman–Crippen LogP) is 1.07. The van der Waals surface area contributed by atoms with Crippen LogP contribution in [0.2, 0.25) is 0 Å². The number of oxime groups is 1. The number of amidine groups is 1. The number of nitrogens with one attached hydrogen (secondary N) is 1. The second-order valence-electron chi connectivity index (χ2n) is 4.71. The average molecular weight is 227 g/mol. The van der Waals surface area contributed by atoms with E-state index in [0.29, 0.717) is 12.0 Å². The van der Waals surface area contributed by atoms with E-state index in [1.807, 2.05) is 0 Å². The lowest BCUT2D eigenvalue weighted by atomic mass is 10.0. The van der Waals surface area contributed by atoms with Crippen LogP contribution in [0.25, 0.3) is 0 Å². The molecule has 1 fully saturated rings. The van der Waals surface area contributed by atoms with Gasteiger partial charge in [-0.1, -0.05) is 18.5 Å². The molecule has 1 saturated carbocycles. The maximum atomic E-state index is 11.6. The zero-order valence-electron chi connectivity index (χ0n) is 9.99. The van der Waals surface area contributed by atoms with Gasteiger partial charge in [0, 0.05) is 6.54 Å². The predicted molar refractivity (Wildman–Crippen MR) is 62.2 cm³/mol. The normalized spacial score (nSPS) is 20.2. The molecule has 1 amide bonds. The minimum Gasteiger partial charge on any atom is -0.409 e. The van der Waals surface area contributed by atoms with Crippen molar-refractivity contribution in [2.75, 3.05) is 6.54 Å². The van der Waals surface area contributed by atoms with E-state index in [1.165, 1.54) is 12.8 Å². The van der Waals surface area contributed by atoms with Crippen molar-refractivity contribution >= 4 is 11.7 Å². The fourth-order valence-electron chi connectivity index (χ4n) is 1.87. The fourth-order valence-corrected chi connectivity index (χ4v) is 1.87. The standard InChI is InChI=1S/C11H21N3O2/c1-3-4-11(5-6-11)7-13-10(15)8(2)9(12)14-16/h8,16H,3-7H2,1-2H3,(H2,12,14)(H,13,15). The van der Waals surface area contributed by atoms with Gasteiger partial charge in [-0.15, -0.1) is 0 Å². The smallest absolute Gasteiger partial charge is 0.230 e. The van der Waals surface area contributed by atoms with Crippen molar-refractivity contribution in [3.8, 4) is 0 Å². The second kappa shape index (κ2) is 5.18. The van der Waals surface area contributed by atoms with Gasteiger partial charge in [0.2, 0.25) is 5.91 Å². The molecule has 0 aromatic rings. The van der Waals surface area contributed by atoms with Crippen LogP contribution in [-0.2, 0) is 4.79 Å². The number of nitrogens with zero attached hydrogens (tertiary/aromatic N) is 1. The van der Waals surface area contributed by atoms with Gasteiger partial charge in [-0.25, -0.2) is 0 Å². The second-order valence-corrected chi connectivity index (χ2v) is 4.71. The van der Waals surface area contributed by atoms with Gasteiger partial charge in [0.05, 0.1) is 5.92 Å². The summed E-state index contributed by atoms with van der Waals surface area (Å²) in [6.45, 7) is 4.49. The summed E-state index contributed by atoms with van der Waals surface area (Å²) in [6.07, 6.45) is 4.69. The third-order valence-electron chi connectivity index (χ3n) is 3.33. The van der Waals surface area contributed by atoms with Crippen LogP contribution in [0, 0.1) is 11.3 Å². The van der Waals surface area contributed by atoms with Crippen LogP contribution in [0.3, 0.4) is 0 Å². The van der Waals surface area contributed by atoms with E-state index >= 15 is 0 Å². The molecular formula is C11H21N3O2. The summed E-state index contributed by atoms with van der Waals surface area (Å²) < 4.78 is 0. The van der Waals surface area contributed by atoms with Crippen LogP contribution in [-0.4, -0.2) is 23.5 Å². The van der Waals surface area contributed by atoms with E-state index in [1.54, 1.807) is 6.92 Å². The highest BCUT2D eigenvalue weighted by Gasteiger charge is 2.41. The minimum absolute atomic E-state index is 0.0437. The van der Waals surface area contributed by atoms with E-state index in [2.05, 4.69) is 17.4 Å². The first kappa shape index (κ1) is 12.8. The Labute approximate surface area is 96.1 Å². The van der Waals surface area contributed by atoms with Crippen LogP contribution < -0.4 is 11.1 Å². The number of hydrogen-bond donors (Lipinski definition) is 3. The number of rotatable bonds is 6. The molecule has 1 aliphatic carbocycles. The Hall–Kier alpha value is -1.26. The molecular weight excluding hydrogens is 206 g/mol. The van der Waals surface area contributed by atoms with Gasteiger partial charge in [0.1, 0.15) is 0 Å². The number of carbonyl (C=O) groups is 1. The van der Waals surface area contributed by atoms with Crippen LogP contribution in [0.4, 0.5) is 0 Å². The third-order valence-corrected chi connectivity index (χ3v) is 3.33. The third kappa shape index (κ3) is 3.12. The number of carbonyl (C=O) groups excluding carboxylic acids is 1. The molecule has 4 N–H and O–H groups in total. The molecule has 92 valence electrons. The first-order valence-corrected chi connectivity index (χ1v) is 5.80. The first-order valence-electron chi connectivity index (χ1n) is 5.80. The highest BCUT2D eigenvalue weighted by atomic mass is 16.4. The number of hydrogen-bond acceptors (Lipinski definition) is 3. The van der Waals surface area contributed by atoms with E-state index < -0.39 is 5.92 Å². The summed E-state index contributed by atoms with van der Waals surface area (Å²) in [7, 11) is 0. The average Bonchev–Trinajstić information content (AvgIpc) is 3.05. The molecule has 0 spiro atoms. The summed E-state index contributed by atoms with van der Waals surface area (Å²) in [6, 6.07) is 0. The van der Waals surface area contributed by atoms with Crippen molar-refractivity contribution in [2.45, 2.75) is 39.5 Å². The molecule has 1 unspecified atom stereocenters. The van der Waals surface area contributed by atoms with E-state index in [4.69, 9.17) is 10.9 Å². The van der Waals surface area contributed by atoms with E-state index in [0.717, 1.165) is 12.8 Å². The monoisotopic (exact) mass is 227 g/mol.